The number of nitrogens with zero attached hydrogens (tertiary/aromatic N) is 1. The summed E-state index contributed by atoms with van der Waals surface area (Å²) in [6, 6.07) is 1.80. The number of methoxy groups -OCH3 is 1. The lowest BCUT2D eigenvalue weighted by Crippen LogP contribution is -2.41. The van der Waals surface area contributed by atoms with Gasteiger partial charge in [-0.1, -0.05) is 24.3 Å². The van der Waals surface area contributed by atoms with E-state index in [0.29, 0.717) is 0 Å². The molecule has 1 aliphatic heterocycles. The molecule has 5 nitrogen and oxygen atoms in total. The molecular weight excluding hydrogens is 302 g/mol. The van der Waals surface area contributed by atoms with Crippen LogP contribution in [0.2, 0.25) is 0 Å². The van der Waals surface area contributed by atoms with E-state index in [-0.39, 0.29) is 31.2 Å². The van der Waals surface area contributed by atoms with Crippen LogP contribution in [0.1, 0.15) is 24.3 Å². The van der Waals surface area contributed by atoms with E-state index >= 15 is 0 Å². The SMILES string of the molecule is COC(=O)C(CN1C(=O)C/C=C\C=C/CC1=O)c1ccsc1. The molecule has 0 N–H and O–H groups in total. The van der Waals surface area contributed by atoms with Gasteiger partial charge >= 0.3 is 5.97 Å². The molecule has 0 aromatic carbocycles. The quantitative estimate of drug-likeness (QED) is 0.631. The van der Waals surface area contributed by atoms with Crippen LogP contribution in [-0.4, -0.2) is 36.3 Å². The Bertz CT molecular complexity index is 578. The number of thiophene rings is 1. The molecule has 2 rings (SSSR count). The summed E-state index contributed by atoms with van der Waals surface area (Å²) < 4.78 is 4.82. The van der Waals surface area contributed by atoms with Crippen molar-refractivity contribution in [3.63, 3.8) is 0 Å². The van der Waals surface area contributed by atoms with Crippen LogP contribution in [0.15, 0.2) is 41.1 Å². The Morgan fingerprint density at radius 2 is 1.91 bits per heavy atom. The first-order valence-corrected chi connectivity index (χ1v) is 7.82. The van der Waals surface area contributed by atoms with Crippen LogP contribution >= 0.6 is 11.3 Å². The summed E-state index contributed by atoms with van der Waals surface area (Å²) in [7, 11) is 1.30. The van der Waals surface area contributed by atoms with Gasteiger partial charge in [-0.25, -0.2) is 0 Å². The molecule has 0 bridgehead atoms. The molecule has 1 aromatic rings. The number of ether oxygens (including phenoxy) is 1. The highest BCUT2D eigenvalue weighted by atomic mass is 32.1. The van der Waals surface area contributed by atoms with Crippen molar-refractivity contribution in [1.29, 1.82) is 0 Å². The highest BCUT2D eigenvalue weighted by Crippen LogP contribution is 2.22. The maximum absolute atomic E-state index is 12.2. The fraction of sp³-hybridized carbons (Fsp3) is 0.312. The Morgan fingerprint density at radius 3 is 2.41 bits per heavy atom. The predicted octanol–water partition coefficient (Wildman–Crippen LogP) is 2.27. The van der Waals surface area contributed by atoms with Crippen LogP contribution in [0.3, 0.4) is 0 Å². The fourth-order valence-corrected chi connectivity index (χ4v) is 2.89. The zero-order chi connectivity index (χ0) is 15.9. The van der Waals surface area contributed by atoms with Crippen molar-refractivity contribution >= 4 is 29.1 Å². The summed E-state index contributed by atoms with van der Waals surface area (Å²) in [6.45, 7) is 0.00273. The van der Waals surface area contributed by atoms with Gasteiger partial charge in [0.2, 0.25) is 11.8 Å². The third-order valence-electron chi connectivity index (χ3n) is 3.37. The molecule has 2 heterocycles. The van der Waals surface area contributed by atoms with Crippen LogP contribution in [0.4, 0.5) is 0 Å². The molecule has 1 unspecified atom stereocenters. The van der Waals surface area contributed by atoms with Crippen molar-refractivity contribution in [2.24, 2.45) is 0 Å². The molecule has 0 radical (unpaired) electrons. The van der Waals surface area contributed by atoms with Gasteiger partial charge in [0.05, 0.1) is 7.11 Å². The van der Waals surface area contributed by atoms with E-state index in [9.17, 15) is 14.4 Å². The summed E-state index contributed by atoms with van der Waals surface area (Å²) in [5, 5.41) is 3.67. The monoisotopic (exact) mass is 319 g/mol. The average Bonchev–Trinajstić information content (AvgIpc) is 3.05. The van der Waals surface area contributed by atoms with Gasteiger partial charge in [-0.2, -0.15) is 11.3 Å². The normalized spacial score (nSPS) is 19.8. The van der Waals surface area contributed by atoms with E-state index in [4.69, 9.17) is 4.74 Å². The van der Waals surface area contributed by atoms with Crippen LogP contribution in [0, 0.1) is 0 Å². The van der Waals surface area contributed by atoms with Crippen molar-refractivity contribution in [2.75, 3.05) is 13.7 Å². The predicted molar refractivity (Wildman–Crippen MR) is 83.3 cm³/mol. The second-order valence-electron chi connectivity index (χ2n) is 4.80. The zero-order valence-corrected chi connectivity index (χ0v) is 13.0. The minimum Gasteiger partial charge on any atom is -0.468 e. The summed E-state index contributed by atoms with van der Waals surface area (Å²) >= 11 is 1.45. The number of hydrogen-bond acceptors (Lipinski definition) is 5. The Balaban J connectivity index is 2.24. The maximum Gasteiger partial charge on any atom is 0.315 e. The van der Waals surface area contributed by atoms with E-state index in [1.54, 1.807) is 30.4 Å². The second kappa shape index (κ2) is 7.70. The first-order valence-electron chi connectivity index (χ1n) is 6.88. The zero-order valence-electron chi connectivity index (χ0n) is 12.2. The topological polar surface area (TPSA) is 63.7 Å². The van der Waals surface area contributed by atoms with Gasteiger partial charge < -0.3 is 4.74 Å². The number of rotatable bonds is 4. The highest BCUT2D eigenvalue weighted by molar-refractivity contribution is 7.08. The second-order valence-corrected chi connectivity index (χ2v) is 5.58. The van der Waals surface area contributed by atoms with Crippen molar-refractivity contribution in [3.8, 4) is 0 Å². The first-order chi connectivity index (χ1) is 10.6. The molecule has 116 valence electrons. The molecule has 6 heteroatoms. The lowest BCUT2D eigenvalue weighted by Gasteiger charge is -2.24. The Hall–Kier alpha value is -2.21. The lowest BCUT2D eigenvalue weighted by atomic mass is 10.0. The number of amides is 2. The molecule has 1 aromatic heterocycles. The molecule has 22 heavy (non-hydrogen) atoms. The fourth-order valence-electron chi connectivity index (χ4n) is 2.17. The molecular formula is C16H17NO4S. The Morgan fingerprint density at radius 1 is 1.27 bits per heavy atom. The Kier molecular flexibility index (Phi) is 5.66. The van der Waals surface area contributed by atoms with Crippen LogP contribution in [0.5, 0.6) is 0 Å². The number of esters is 1. The number of hydrogen-bond donors (Lipinski definition) is 0. The standard InChI is InChI=1S/C16H17NO4S/c1-21-16(20)13(12-8-9-22-11-12)10-17-14(18)6-4-2-3-5-7-15(17)19/h2-5,8-9,11,13H,6-7,10H2,1H3/b4-2-,5-3-. The number of allylic oxidation sites excluding steroid dienone is 2. The van der Waals surface area contributed by atoms with Crippen molar-refractivity contribution in [1.82, 2.24) is 4.90 Å². The van der Waals surface area contributed by atoms with Crippen LogP contribution in [-0.2, 0) is 19.1 Å². The van der Waals surface area contributed by atoms with E-state index in [2.05, 4.69) is 0 Å². The van der Waals surface area contributed by atoms with Crippen molar-refractivity contribution < 1.29 is 19.1 Å². The highest BCUT2D eigenvalue weighted by Gasteiger charge is 2.29. The molecule has 0 saturated heterocycles. The largest absolute Gasteiger partial charge is 0.468 e. The van der Waals surface area contributed by atoms with Gasteiger partial charge in [0.25, 0.3) is 0 Å². The third-order valence-corrected chi connectivity index (χ3v) is 4.07. The van der Waals surface area contributed by atoms with Gasteiger partial charge in [-0.3, -0.25) is 19.3 Å². The summed E-state index contributed by atoms with van der Waals surface area (Å²) in [4.78, 5) is 37.6. The van der Waals surface area contributed by atoms with Crippen LogP contribution < -0.4 is 0 Å². The van der Waals surface area contributed by atoms with Gasteiger partial charge in [-0.15, -0.1) is 0 Å². The van der Waals surface area contributed by atoms with Crippen molar-refractivity contribution in [2.45, 2.75) is 18.8 Å². The smallest absolute Gasteiger partial charge is 0.315 e. The van der Waals surface area contributed by atoms with Gasteiger partial charge in [0, 0.05) is 19.4 Å². The number of carbonyl (C=O) groups excluding carboxylic acids is 3. The summed E-state index contributed by atoms with van der Waals surface area (Å²) in [6.07, 6.45) is 7.14. The number of imide groups is 1. The number of carbonyl (C=O) groups is 3. The molecule has 0 spiro atoms. The minimum absolute atomic E-state index is 0.00273. The van der Waals surface area contributed by atoms with E-state index in [1.807, 2.05) is 10.8 Å². The molecule has 0 aliphatic carbocycles. The van der Waals surface area contributed by atoms with Gasteiger partial charge in [0.15, 0.2) is 0 Å². The molecule has 1 atom stereocenters. The minimum atomic E-state index is -0.655. The molecule has 0 saturated carbocycles. The molecule has 2 amide bonds. The van der Waals surface area contributed by atoms with E-state index < -0.39 is 11.9 Å². The molecule has 0 fully saturated rings. The van der Waals surface area contributed by atoms with E-state index in [1.165, 1.54) is 18.4 Å². The van der Waals surface area contributed by atoms with E-state index in [0.717, 1.165) is 10.5 Å². The molecule has 1 aliphatic rings. The van der Waals surface area contributed by atoms with Gasteiger partial charge in [-0.05, 0) is 22.4 Å². The van der Waals surface area contributed by atoms with Gasteiger partial charge in [0.1, 0.15) is 5.92 Å². The first kappa shape index (κ1) is 16.2. The maximum atomic E-state index is 12.2. The average molecular weight is 319 g/mol. The summed E-state index contributed by atoms with van der Waals surface area (Å²) in [5.41, 5.74) is 0.753. The lowest BCUT2D eigenvalue weighted by molar-refractivity contribution is -0.147. The summed E-state index contributed by atoms with van der Waals surface area (Å²) in [5.74, 6) is -1.73. The van der Waals surface area contributed by atoms with Crippen LogP contribution in [0.25, 0.3) is 0 Å². The Labute approximate surface area is 132 Å². The third kappa shape index (κ3) is 3.92. The van der Waals surface area contributed by atoms with Crippen molar-refractivity contribution in [3.05, 3.63) is 46.7 Å².